The third-order valence-corrected chi connectivity index (χ3v) is 3.67. The zero-order valence-corrected chi connectivity index (χ0v) is 13.7. The summed E-state index contributed by atoms with van der Waals surface area (Å²) in [5.74, 6) is -0.466. The molecule has 0 bridgehead atoms. The van der Waals surface area contributed by atoms with E-state index in [1.807, 2.05) is 0 Å². The molecule has 4 heteroatoms. The van der Waals surface area contributed by atoms with E-state index in [9.17, 15) is 14.4 Å². The molecular weight excluding hydrogens is 304 g/mol. The Morgan fingerprint density at radius 3 is 2.33 bits per heavy atom. The Bertz CT molecular complexity index is 734. The fourth-order valence-electron chi connectivity index (χ4n) is 2.39. The summed E-state index contributed by atoms with van der Waals surface area (Å²) < 4.78 is 5.36. The Labute approximate surface area is 141 Å². The number of hydrogen-bond acceptors (Lipinski definition) is 4. The van der Waals surface area contributed by atoms with Crippen molar-refractivity contribution < 1.29 is 19.1 Å². The van der Waals surface area contributed by atoms with Crippen molar-refractivity contribution in [1.29, 1.82) is 0 Å². The molecule has 0 saturated heterocycles. The lowest BCUT2D eigenvalue weighted by Crippen LogP contribution is -2.12. The molecule has 0 aliphatic carbocycles. The molecule has 0 heterocycles. The van der Waals surface area contributed by atoms with Crippen LogP contribution in [-0.4, -0.2) is 18.0 Å². The first kappa shape index (κ1) is 17.6. The van der Waals surface area contributed by atoms with Crippen LogP contribution < -0.4 is 4.74 Å². The molecule has 0 spiro atoms. The van der Waals surface area contributed by atoms with Gasteiger partial charge in [-0.05, 0) is 18.6 Å². The van der Waals surface area contributed by atoms with Gasteiger partial charge in [0.15, 0.2) is 12.1 Å². The second-order valence-corrected chi connectivity index (χ2v) is 5.46. The summed E-state index contributed by atoms with van der Waals surface area (Å²) in [5.41, 5.74) is 0.879. The Morgan fingerprint density at radius 1 is 0.958 bits per heavy atom. The van der Waals surface area contributed by atoms with Crippen molar-refractivity contribution in [2.24, 2.45) is 0 Å². The fraction of sp³-hybridized carbons (Fsp3) is 0.250. The van der Waals surface area contributed by atoms with E-state index in [-0.39, 0.29) is 23.1 Å². The molecule has 0 N–H and O–H groups in total. The average molecular weight is 324 g/mol. The SMILES string of the molecule is CCCCCC(=O)Oc1ccccc1C(=O)c1ccccc1C=O. The summed E-state index contributed by atoms with van der Waals surface area (Å²) in [4.78, 5) is 35.8. The van der Waals surface area contributed by atoms with Gasteiger partial charge in [0, 0.05) is 17.5 Å². The van der Waals surface area contributed by atoms with Crippen LogP contribution in [0.3, 0.4) is 0 Å². The van der Waals surface area contributed by atoms with E-state index in [2.05, 4.69) is 6.92 Å². The maximum atomic E-state index is 12.7. The monoisotopic (exact) mass is 324 g/mol. The van der Waals surface area contributed by atoms with Crippen LogP contribution in [-0.2, 0) is 4.79 Å². The van der Waals surface area contributed by atoms with Crippen LogP contribution in [0.1, 0.15) is 58.9 Å². The molecule has 0 radical (unpaired) electrons. The number of aldehydes is 1. The van der Waals surface area contributed by atoms with Gasteiger partial charge < -0.3 is 4.74 Å². The number of benzene rings is 2. The van der Waals surface area contributed by atoms with E-state index in [0.717, 1.165) is 19.3 Å². The maximum Gasteiger partial charge on any atom is 0.311 e. The van der Waals surface area contributed by atoms with Crippen molar-refractivity contribution in [3.05, 3.63) is 65.2 Å². The normalized spacial score (nSPS) is 10.2. The summed E-state index contributed by atoms with van der Waals surface area (Å²) in [5, 5.41) is 0. The predicted molar refractivity (Wildman–Crippen MR) is 91.5 cm³/mol. The first-order valence-corrected chi connectivity index (χ1v) is 8.06. The van der Waals surface area contributed by atoms with Gasteiger partial charge in [0.2, 0.25) is 0 Å². The Hall–Kier alpha value is -2.75. The van der Waals surface area contributed by atoms with E-state index >= 15 is 0 Å². The van der Waals surface area contributed by atoms with Gasteiger partial charge in [0.1, 0.15) is 5.75 Å². The summed E-state index contributed by atoms with van der Waals surface area (Å²) in [6.45, 7) is 2.06. The molecule has 0 saturated carbocycles. The van der Waals surface area contributed by atoms with Gasteiger partial charge in [-0.15, -0.1) is 0 Å². The molecule has 0 aliphatic rings. The minimum absolute atomic E-state index is 0.227. The van der Waals surface area contributed by atoms with Gasteiger partial charge in [-0.2, -0.15) is 0 Å². The zero-order valence-electron chi connectivity index (χ0n) is 13.7. The van der Waals surface area contributed by atoms with Crippen LogP contribution in [0.25, 0.3) is 0 Å². The molecule has 124 valence electrons. The van der Waals surface area contributed by atoms with E-state index < -0.39 is 0 Å². The van der Waals surface area contributed by atoms with Gasteiger partial charge >= 0.3 is 5.97 Å². The topological polar surface area (TPSA) is 60.4 Å². The van der Waals surface area contributed by atoms with Gasteiger partial charge in [0.25, 0.3) is 0 Å². The highest BCUT2D eigenvalue weighted by Gasteiger charge is 2.18. The van der Waals surface area contributed by atoms with E-state index in [1.54, 1.807) is 48.5 Å². The van der Waals surface area contributed by atoms with Gasteiger partial charge in [-0.3, -0.25) is 14.4 Å². The zero-order chi connectivity index (χ0) is 17.4. The molecule has 2 rings (SSSR count). The van der Waals surface area contributed by atoms with Crippen LogP contribution in [0.5, 0.6) is 5.75 Å². The number of hydrogen-bond donors (Lipinski definition) is 0. The quantitative estimate of drug-likeness (QED) is 0.240. The largest absolute Gasteiger partial charge is 0.426 e. The van der Waals surface area contributed by atoms with E-state index in [0.29, 0.717) is 23.8 Å². The van der Waals surface area contributed by atoms with Crippen molar-refractivity contribution in [1.82, 2.24) is 0 Å². The molecule has 2 aromatic rings. The third-order valence-electron chi connectivity index (χ3n) is 3.67. The number of para-hydroxylation sites is 1. The molecule has 0 amide bonds. The highest BCUT2D eigenvalue weighted by Crippen LogP contribution is 2.23. The van der Waals surface area contributed by atoms with Crippen molar-refractivity contribution >= 4 is 18.0 Å². The van der Waals surface area contributed by atoms with Gasteiger partial charge in [-0.25, -0.2) is 0 Å². The van der Waals surface area contributed by atoms with E-state index in [1.165, 1.54) is 0 Å². The molecule has 4 nitrogen and oxygen atoms in total. The number of ketones is 1. The van der Waals surface area contributed by atoms with Crippen LogP contribution in [0.4, 0.5) is 0 Å². The summed E-state index contributed by atoms with van der Waals surface area (Å²) >= 11 is 0. The van der Waals surface area contributed by atoms with Crippen molar-refractivity contribution in [3.8, 4) is 5.75 Å². The Kier molecular flexibility index (Phi) is 6.43. The highest BCUT2D eigenvalue weighted by molar-refractivity contribution is 6.14. The number of ether oxygens (including phenoxy) is 1. The minimum atomic E-state index is -0.354. The second-order valence-electron chi connectivity index (χ2n) is 5.46. The third kappa shape index (κ3) is 4.38. The van der Waals surface area contributed by atoms with Crippen LogP contribution in [0.2, 0.25) is 0 Å². The smallest absolute Gasteiger partial charge is 0.311 e. The van der Waals surface area contributed by atoms with Crippen molar-refractivity contribution in [2.75, 3.05) is 0 Å². The molecule has 0 atom stereocenters. The lowest BCUT2D eigenvalue weighted by molar-refractivity contribution is -0.134. The number of carbonyl (C=O) groups excluding carboxylic acids is 3. The number of carbonyl (C=O) groups is 3. The average Bonchev–Trinajstić information content (AvgIpc) is 2.62. The van der Waals surface area contributed by atoms with Crippen molar-refractivity contribution in [3.63, 3.8) is 0 Å². The highest BCUT2D eigenvalue weighted by atomic mass is 16.5. The molecule has 2 aromatic carbocycles. The predicted octanol–water partition coefficient (Wildman–Crippen LogP) is 4.22. The molecule has 0 aliphatic heterocycles. The van der Waals surface area contributed by atoms with Gasteiger partial charge in [0.05, 0.1) is 5.56 Å². The second kappa shape index (κ2) is 8.77. The molecule has 0 unspecified atom stereocenters. The summed E-state index contributed by atoms with van der Waals surface area (Å²) in [7, 11) is 0. The number of rotatable bonds is 8. The lowest BCUT2D eigenvalue weighted by Gasteiger charge is -2.10. The van der Waals surface area contributed by atoms with Crippen LogP contribution in [0.15, 0.2) is 48.5 Å². The molecule has 24 heavy (non-hydrogen) atoms. The van der Waals surface area contributed by atoms with Gasteiger partial charge in [-0.1, -0.05) is 56.2 Å². The van der Waals surface area contributed by atoms with E-state index in [4.69, 9.17) is 4.74 Å². The molecular formula is C20H20O4. The summed E-state index contributed by atoms with van der Waals surface area (Å²) in [6, 6.07) is 13.2. The van der Waals surface area contributed by atoms with Crippen molar-refractivity contribution in [2.45, 2.75) is 32.6 Å². The maximum absolute atomic E-state index is 12.7. The Balaban J connectivity index is 2.23. The first-order chi connectivity index (χ1) is 11.7. The number of unbranched alkanes of at least 4 members (excludes halogenated alkanes) is 2. The molecule has 0 aromatic heterocycles. The first-order valence-electron chi connectivity index (χ1n) is 8.06. The van der Waals surface area contributed by atoms with Crippen LogP contribution >= 0.6 is 0 Å². The standard InChI is InChI=1S/C20H20O4/c1-2-3-4-13-19(22)24-18-12-8-7-11-17(18)20(23)16-10-6-5-9-15(16)14-21/h5-12,14H,2-4,13H2,1H3. The minimum Gasteiger partial charge on any atom is -0.426 e. The van der Waals surface area contributed by atoms with Crippen LogP contribution in [0, 0.1) is 0 Å². The molecule has 0 fully saturated rings. The number of esters is 1. The lowest BCUT2D eigenvalue weighted by atomic mass is 9.98. The summed E-state index contributed by atoms with van der Waals surface area (Å²) in [6.07, 6.45) is 3.71. The fourth-order valence-corrected chi connectivity index (χ4v) is 2.39. The Morgan fingerprint density at radius 2 is 1.62 bits per heavy atom.